The Morgan fingerprint density at radius 3 is 2.70 bits per heavy atom. The van der Waals surface area contributed by atoms with Crippen LogP contribution in [-0.4, -0.2) is 42.7 Å². The molecule has 3 heteroatoms. The number of hydrogen-bond acceptors (Lipinski definition) is 3. The van der Waals surface area contributed by atoms with Gasteiger partial charge in [-0.25, -0.2) is 0 Å². The molecule has 130 valence electrons. The Hall–Kier alpha value is -0.900. The third-order valence-corrected chi connectivity index (χ3v) is 4.83. The van der Waals surface area contributed by atoms with Crippen LogP contribution in [-0.2, 0) is 6.42 Å². The van der Waals surface area contributed by atoms with Crippen molar-refractivity contribution in [3.8, 4) is 0 Å². The molecule has 3 nitrogen and oxygen atoms in total. The molecule has 1 aromatic rings. The SMILES string of the molecule is CCCCCCc1ccc(C(O)CCN2CCCNCC2)cc1. The highest BCUT2D eigenvalue weighted by Crippen LogP contribution is 2.19. The molecule has 1 aromatic carbocycles. The molecule has 1 aliphatic rings. The highest BCUT2D eigenvalue weighted by molar-refractivity contribution is 5.24. The van der Waals surface area contributed by atoms with Crippen molar-refractivity contribution in [1.29, 1.82) is 0 Å². The molecule has 0 radical (unpaired) electrons. The average molecular weight is 319 g/mol. The van der Waals surface area contributed by atoms with E-state index in [1.54, 1.807) is 0 Å². The number of nitrogens with zero attached hydrogens (tertiary/aromatic N) is 1. The van der Waals surface area contributed by atoms with Gasteiger partial charge in [0.1, 0.15) is 0 Å². The second-order valence-electron chi connectivity index (χ2n) is 6.80. The van der Waals surface area contributed by atoms with Gasteiger partial charge in [-0.1, -0.05) is 50.5 Å². The van der Waals surface area contributed by atoms with E-state index in [-0.39, 0.29) is 6.10 Å². The van der Waals surface area contributed by atoms with Crippen molar-refractivity contribution in [2.45, 2.75) is 58.0 Å². The summed E-state index contributed by atoms with van der Waals surface area (Å²) in [5.41, 5.74) is 2.46. The lowest BCUT2D eigenvalue weighted by atomic mass is 10.0. The average Bonchev–Trinajstić information content (AvgIpc) is 2.86. The van der Waals surface area contributed by atoms with E-state index in [1.165, 1.54) is 37.7 Å². The van der Waals surface area contributed by atoms with Gasteiger partial charge in [0.15, 0.2) is 0 Å². The van der Waals surface area contributed by atoms with Crippen LogP contribution in [0.3, 0.4) is 0 Å². The maximum atomic E-state index is 10.4. The molecule has 0 spiro atoms. The number of rotatable bonds is 9. The standard InChI is InChI=1S/C20H34N2O/c1-2-3-4-5-7-18-8-10-19(11-9-18)20(23)12-16-22-15-6-13-21-14-17-22/h8-11,20-21,23H,2-7,12-17H2,1H3. The maximum Gasteiger partial charge on any atom is 0.0802 e. The van der Waals surface area contributed by atoms with Gasteiger partial charge in [-0.05, 0) is 49.9 Å². The fourth-order valence-corrected chi connectivity index (χ4v) is 3.26. The minimum atomic E-state index is -0.333. The zero-order valence-corrected chi connectivity index (χ0v) is 14.8. The predicted molar refractivity (Wildman–Crippen MR) is 97.8 cm³/mol. The summed E-state index contributed by atoms with van der Waals surface area (Å²) >= 11 is 0. The molecule has 23 heavy (non-hydrogen) atoms. The van der Waals surface area contributed by atoms with E-state index in [1.807, 2.05) is 0 Å². The van der Waals surface area contributed by atoms with E-state index in [0.29, 0.717) is 0 Å². The van der Waals surface area contributed by atoms with Crippen LogP contribution in [0.2, 0.25) is 0 Å². The Bertz CT molecular complexity index is 410. The first kappa shape index (κ1) is 18.4. The fourth-order valence-electron chi connectivity index (χ4n) is 3.26. The third-order valence-electron chi connectivity index (χ3n) is 4.83. The molecule has 1 saturated heterocycles. The van der Waals surface area contributed by atoms with Crippen LogP contribution in [0.15, 0.2) is 24.3 Å². The highest BCUT2D eigenvalue weighted by atomic mass is 16.3. The Labute approximate surface area is 142 Å². The second-order valence-corrected chi connectivity index (χ2v) is 6.80. The summed E-state index contributed by atoms with van der Waals surface area (Å²) in [7, 11) is 0. The van der Waals surface area contributed by atoms with E-state index < -0.39 is 0 Å². The Morgan fingerprint density at radius 1 is 1.09 bits per heavy atom. The highest BCUT2D eigenvalue weighted by Gasteiger charge is 2.12. The van der Waals surface area contributed by atoms with Crippen LogP contribution in [0.1, 0.15) is 62.7 Å². The fraction of sp³-hybridized carbons (Fsp3) is 0.700. The van der Waals surface area contributed by atoms with E-state index in [9.17, 15) is 5.11 Å². The van der Waals surface area contributed by atoms with E-state index in [2.05, 4.69) is 41.4 Å². The smallest absolute Gasteiger partial charge is 0.0802 e. The van der Waals surface area contributed by atoms with Gasteiger partial charge in [0.2, 0.25) is 0 Å². The van der Waals surface area contributed by atoms with Crippen LogP contribution in [0.5, 0.6) is 0 Å². The van der Waals surface area contributed by atoms with Gasteiger partial charge in [0.25, 0.3) is 0 Å². The quantitative estimate of drug-likeness (QED) is 0.684. The minimum absolute atomic E-state index is 0.333. The lowest BCUT2D eigenvalue weighted by molar-refractivity contribution is 0.144. The van der Waals surface area contributed by atoms with Gasteiger partial charge in [-0.15, -0.1) is 0 Å². The molecule has 0 aromatic heterocycles. The molecule has 1 unspecified atom stereocenters. The van der Waals surface area contributed by atoms with Crippen LogP contribution in [0.25, 0.3) is 0 Å². The number of aliphatic hydroxyl groups excluding tert-OH is 1. The lowest BCUT2D eigenvalue weighted by Crippen LogP contribution is -2.29. The van der Waals surface area contributed by atoms with Crippen LogP contribution in [0, 0.1) is 0 Å². The number of benzene rings is 1. The molecule has 0 aliphatic carbocycles. The predicted octanol–water partition coefficient (Wildman–Crippen LogP) is 3.53. The monoisotopic (exact) mass is 318 g/mol. The summed E-state index contributed by atoms with van der Waals surface area (Å²) in [6.07, 6.45) is 8.10. The van der Waals surface area contributed by atoms with E-state index in [4.69, 9.17) is 0 Å². The molecule has 2 rings (SSSR count). The normalized spacial score (nSPS) is 17.8. The van der Waals surface area contributed by atoms with Crippen LogP contribution < -0.4 is 5.32 Å². The molecule has 1 heterocycles. The Morgan fingerprint density at radius 2 is 1.91 bits per heavy atom. The summed E-state index contributed by atoms with van der Waals surface area (Å²) < 4.78 is 0. The lowest BCUT2D eigenvalue weighted by Gasteiger charge is -2.21. The largest absolute Gasteiger partial charge is 0.388 e. The molecule has 0 saturated carbocycles. The van der Waals surface area contributed by atoms with Crippen molar-refractivity contribution in [2.75, 3.05) is 32.7 Å². The van der Waals surface area contributed by atoms with Gasteiger partial charge >= 0.3 is 0 Å². The van der Waals surface area contributed by atoms with Gasteiger partial charge in [-0.2, -0.15) is 0 Å². The zero-order valence-electron chi connectivity index (χ0n) is 14.8. The second kappa shape index (κ2) is 10.8. The van der Waals surface area contributed by atoms with Crippen molar-refractivity contribution in [3.63, 3.8) is 0 Å². The number of hydrogen-bond donors (Lipinski definition) is 2. The molecular weight excluding hydrogens is 284 g/mol. The Kier molecular flexibility index (Phi) is 8.66. The van der Waals surface area contributed by atoms with Crippen molar-refractivity contribution in [2.24, 2.45) is 0 Å². The molecule has 0 amide bonds. The van der Waals surface area contributed by atoms with Gasteiger partial charge in [-0.3, -0.25) is 0 Å². The van der Waals surface area contributed by atoms with Crippen LogP contribution >= 0.6 is 0 Å². The molecule has 2 N–H and O–H groups in total. The zero-order chi connectivity index (χ0) is 16.3. The maximum absolute atomic E-state index is 10.4. The minimum Gasteiger partial charge on any atom is -0.388 e. The van der Waals surface area contributed by atoms with Crippen molar-refractivity contribution in [3.05, 3.63) is 35.4 Å². The summed E-state index contributed by atoms with van der Waals surface area (Å²) in [5.74, 6) is 0. The number of nitrogens with one attached hydrogen (secondary N) is 1. The first-order valence-corrected chi connectivity index (χ1v) is 9.49. The molecule has 1 fully saturated rings. The molecule has 1 aliphatic heterocycles. The summed E-state index contributed by atoms with van der Waals surface area (Å²) in [6, 6.07) is 8.62. The number of unbranched alkanes of at least 4 members (excludes halogenated alkanes) is 3. The summed E-state index contributed by atoms with van der Waals surface area (Å²) in [5, 5.41) is 13.8. The summed E-state index contributed by atoms with van der Waals surface area (Å²) in [6.45, 7) is 7.68. The number of aliphatic hydroxyl groups is 1. The first-order valence-electron chi connectivity index (χ1n) is 9.49. The molecule has 0 bridgehead atoms. The van der Waals surface area contributed by atoms with E-state index >= 15 is 0 Å². The Balaban J connectivity index is 1.72. The van der Waals surface area contributed by atoms with Crippen molar-refractivity contribution < 1.29 is 5.11 Å². The van der Waals surface area contributed by atoms with Crippen molar-refractivity contribution in [1.82, 2.24) is 10.2 Å². The first-order chi connectivity index (χ1) is 11.3. The third kappa shape index (κ3) is 7.03. The summed E-state index contributed by atoms with van der Waals surface area (Å²) in [4.78, 5) is 2.46. The van der Waals surface area contributed by atoms with E-state index in [0.717, 1.165) is 51.1 Å². The van der Waals surface area contributed by atoms with Crippen molar-refractivity contribution >= 4 is 0 Å². The van der Waals surface area contributed by atoms with Gasteiger partial charge < -0.3 is 15.3 Å². The topological polar surface area (TPSA) is 35.5 Å². The van der Waals surface area contributed by atoms with Gasteiger partial charge in [0, 0.05) is 19.6 Å². The van der Waals surface area contributed by atoms with Gasteiger partial charge in [0.05, 0.1) is 6.10 Å². The molecular formula is C20H34N2O. The molecule has 1 atom stereocenters. The number of aryl methyl sites for hydroxylation is 1. The van der Waals surface area contributed by atoms with Crippen LogP contribution in [0.4, 0.5) is 0 Å².